The number of nitrogens with zero attached hydrogens (tertiary/aromatic N) is 2. The molecule has 45 heavy (non-hydrogen) atoms. The quantitative estimate of drug-likeness (QED) is 0.0977. The molecule has 3 aromatic heterocycles. The lowest BCUT2D eigenvalue weighted by Gasteiger charge is -1.91. The first-order valence-corrected chi connectivity index (χ1v) is 12.4. The van der Waals surface area contributed by atoms with Crippen LogP contribution in [0, 0.1) is 20.2 Å². The first-order valence-electron chi connectivity index (χ1n) is 12.4. The Hall–Kier alpha value is -6.71. The van der Waals surface area contributed by atoms with Crippen LogP contribution in [-0.2, 0) is 9.47 Å². The predicted octanol–water partition coefficient (Wildman–Crippen LogP) is 5.97. The van der Waals surface area contributed by atoms with Crippen molar-refractivity contribution < 1.29 is 52.1 Å². The Morgan fingerprint density at radius 2 is 1.02 bits per heavy atom. The summed E-state index contributed by atoms with van der Waals surface area (Å²) in [5, 5.41) is 31.3. The molecule has 6 rings (SSSR count). The van der Waals surface area contributed by atoms with Crippen molar-refractivity contribution >= 4 is 67.9 Å². The van der Waals surface area contributed by atoms with E-state index in [0.29, 0.717) is 33.2 Å². The molecule has 0 saturated heterocycles. The number of methoxy groups -OCH3 is 2. The molecule has 16 heteroatoms. The number of nitro groups is 2. The largest absolute Gasteiger partial charge is 0.475 e. The van der Waals surface area contributed by atoms with Gasteiger partial charge in [-0.3, -0.25) is 20.2 Å². The van der Waals surface area contributed by atoms with Crippen LogP contribution in [0.15, 0.2) is 86.0 Å². The van der Waals surface area contributed by atoms with Crippen molar-refractivity contribution in [1.29, 1.82) is 0 Å². The Morgan fingerprint density at radius 1 is 0.644 bits per heavy atom. The van der Waals surface area contributed by atoms with E-state index in [0.717, 1.165) is 5.39 Å². The first kappa shape index (κ1) is 31.2. The highest BCUT2D eigenvalue weighted by Gasteiger charge is 2.16. The van der Waals surface area contributed by atoms with Gasteiger partial charge in [-0.25, -0.2) is 14.4 Å². The predicted molar refractivity (Wildman–Crippen MR) is 156 cm³/mol. The number of esters is 2. The second kappa shape index (κ2) is 13.1. The Kier molecular flexibility index (Phi) is 9.07. The third-order valence-electron chi connectivity index (χ3n) is 5.95. The molecule has 0 bridgehead atoms. The number of nitrogens with two attached hydrogens (primary N) is 1. The van der Waals surface area contributed by atoms with Gasteiger partial charge in [-0.1, -0.05) is 0 Å². The number of carboxylic acid groups (broad SMARTS) is 1. The summed E-state index contributed by atoms with van der Waals surface area (Å²) in [4.78, 5) is 52.7. The maximum Gasteiger partial charge on any atom is 0.373 e. The van der Waals surface area contributed by atoms with Crippen molar-refractivity contribution in [2.24, 2.45) is 0 Å². The summed E-state index contributed by atoms with van der Waals surface area (Å²) in [6.45, 7) is 0. The van der Waals surface area contributed by atoms with Crippen molar-refractivity contribution in [2.45, 2.75) is 0 Å². The third-order valence-corrected chi connectivity index (χ3v) is 5.95. The molecule has 0 aliphatic heterocycles. The number of nitro benzene ring substituents is 2. The van der Waals surface area contributed by atoms with Gasteiger partial charge in [-0.15, -0.1) is 0 Å². The van der Waals surface area contributed by atoms with Crippen molar-refractivity contribution in [1.82, 2.24) is 0 Å². The number of carbonyl (C=O) groups is 3. The number of anilines is 1. The molecule has 0 fully saturated rings. The lowest BCUT2D eigenvalue weighted by molar-refractivity contribution is -0.384. The van der Waals surface area contributed by atoms with E-state index < -0.39 is 27.8 Å². The number of hydrogen-bond donors (Lipinski definition) is 2. The van der Waals surface area contributed by atoms with E-state index >= 15 is 0 Å². The van der Waals surface area contributed by atoms with Crippen LogP contribution >= 0.6 is 0 Å². The van der Waals surface area contributed by atoms with Crippen LogP contribution in [0.4, 0.5) is 17.1 Å². The van der Waals surface area contributed by atoms with Crippen LogP contribution < -0.4 is 5.73 Å². The van der Waals surface area contributed by atoms with Gasteiger partial charge < -0.3 is 33.6 Å². The summed E-state index contributed by atoms with van der Waals surface area (Å²) in [5.41, 5.74) is 7.42. The van der Waals surface area contributed by atoms with Crippen molar-refractivity contribution in [3.63, 3.8) is 0 Å². The highest BCUT2D eigenvalue weighted by Crippen LogP contribution is 2.26. The highest BCUT2D eigenvalue weighted by molar-refractivity contribution is 5.94. The molecule has 0 atom stereocenters. The van der Waals surface area contributed by atoms with Crippen LogP contribution in [-0.4, -0.2) is 47.1 Å². The second-order valence-electron chi connectivity index (χ2n) is 8.88. The molecule has 0 saturated carbocycles. The van der Waals surface area contributed by atoms with Crippen LogP contribution in [0.2, 0.25) is 0 Å². The van der Waals surface area contributed by atoms with E-state index in [-0.39, 0.29) is 28.7 Å². The molecular weight excluding hydrogens is 598 g/mol. The number of hydrogen-bond acceptors (Lipinski definition) is 13. The van der Waals surface area contributed by atoms with Crippen LogP contribution in [0.3, 0.4) is 0 Å². The number of nitrogen functional groups attached to an aromatic ring is 1. The maximum absolute atomic E-state index is 11.2. The number of furan rings is 3. The Morgan fingerprint density at radius 3 is 1.42 bits per heavy atom. The molecular formula is C29H21N3O13. The highest BCUT2D eigenvalue weighted by atomic mass is 16.6. The minimum absolute atomic E-state index is 0.0259. The number of rotatable bonds is 5. The zero-order valence-electron chi connectivity index (χ0n) is 23.2. The number of benzene rings is 3. The molecule has 3 aromatic carbocycles. The third kappa shape index (κ3) is 7.20. The molecule has 0 spiro atoms. The lowest BCUT2D eigenvalue weighted by Crippen LogP contribution is -1.97. The molecule has 230 valence electrons. The molecule has 6 aromatic rings. The molecule has 3 N–H and O–H groups in total. The van der Waals surface area contributed by atoms with Crippen LogP contribution in [0.25, 0.3) is 32.9 Å². The number of carboxylic acids is 1. The summed E-state index contributed by atoms with van der Waals surface area (Å²) >= 11 is 0. The first-order chi connectivity index (χ1) is 21.4. The normalized spacial score (nSPS) is 10.4. The minimum Gasteiger partial charge on any atom is -0.475 e. The topological polar surface area (TPSA) is 242 Å². The molecule has 0 aliphatic rings. The smallest absolute Gasteiger partial charge is 0.373 e. The summed E-state index contributed by atoms with van der Waals surface area (Å²) in [6, 6.07) is 17.5. The summed E-state index contributed by atoms with van der Waals surface area (Å²) in [5.74, 6) is -2.32. The number of aromatic carboxylic acids is 1. The van der Waals surface area contributed by atoms with Crippen LogP contribution in [0.5, 0.6) is 0 Å². The van der Waals surface area contributed by atoms with E-state index in [1.165, 1.54) is 62.8 Å². The Labute approximate surface area is 250 Å². The molecule has 0 aliphatic carbocycles. The zero-order chi connectivity index (χ0) is 32.8. The van der Waals surface area contributed by atoms with Gasteiger partial charge in [-0.05, 0) is 48.5 Å². The number of non-ortho nitro benzene ring substituents is 2. The second-order valence-corrected chi connectivity index (χ2v) is 8.88. The summed E-state index contributed by atoms with van der Waals surface area (Å²) in [6.07, 6.45) is 0. The molecule has 16 nitrogen and oxygen atoms in total. The zero-order valence-corrected chi connectivity index (χ0v) is 23.2. The number of carbonyl (C=O) groups excluding carboxylic acids is 2. The van der Waals surface area contributed by atoms with E-state index in [2.05, 4.69) is 9.47 Å². The fourth-order valence-electron chi connectivity index (χ4n) is 3.86. The standard InChI is InChI=1S/C10H7NO5.C10H9NO3.C9H5NO5/c1-15-10(12)9-5-6-4-7(11(13)14)2-3-8(6)16-9;1-13-10(12)9-5-6-4-7(11)2-3-8(6)14-9;11-9(12)8-4-5-3-6(10(13)14)1-2-7(5)15-8/h2-5H,1H3;2-5H,11H2,1H3;1-4H,(H,11,12). The maximum atomic E-state index is 11.2. The SMILES string of the molecule is COC(=O)c1cc2cc(N)ccc2o1.COC(=O)c1cc2cc([N+](=O)[O-])ccc2o1.O=C(O)c1cc2cc([N+](=O)[O-])ccc2o1. The lowest BCUT2D eigenvalue weighted by atomic mass is 10.2. The summed E-state index contributed by atoms with van der Waals surface area (Å²) in [7, 11) is 2.54. The van der Waals surface area contributed by atoms with Crippen molar-refractivity contribution in [3.05, 3.63) is 110 Å². The van der Waals surface area contributed by atoms with Gasteiger partial charge in [-0.2, -0.15) is 0 Å². The van der Waals surface area contributed by atoms with Gasteiger partial charge in [0.25, 0.3) is 11.4 Å². The van der Waals surface area contributed by atoms with E-state index in [9.17, 15) is 34.6 Å². The van der Waals surface area contributed by atoms with E-state index in [4.69, 9.17) is 24.1 Å². The molecule has 0 amide bonds. The van der Waals surface area contributed by atoms with Crippen molar-refractivity contribution in [2.75, 3.05) is 20.0 Å². The summed E-state index contributed by atoms with van der Waals surface area (Å²) < 4.78 is 24.4. The van der Waals surface area contributed by atoms with E-state index in [1.807, 2.05) is 0 Å². The van der Waals surface area contributed by atoms with Crippen molar-refractivity contribution in [3.8, 4) is 0 Å². The average molecular weight is 619 g/mol. The van der Waals surface area contributed by atoms with Gasteiger partial charge in [0.2, 0.25) is 17.3 Å². The fraction of sp³-hybridized carbons (Fsp3) is 0.0690. The minimum atomic E-state index is -1.20. The Balaban J connectivity index is 0.000000154. The van der Waals surface area contributed by atoms with Gasteiger partial charge in [0.1, 0.15) is 16.7 Å². The average Bonchev–Trinajstić information content (AvgIpc) is 3.76. The molecule has 0 radical (unpaired) electrons. The van der Waals surface area contributed by atoms with Gasteiger partial charge in [0.15, 0.2) is 0 Å². The number of ether oxygens (including phenoxy) is 2. The fourth-order valence-corrected chi connectivity index (χ4v) is 3.86. The molecule has 0 unspecified atom stereocenters. The van der Waals surface area contributed by atoms with Gasteiger partial charge in [0, 0.05) is 46.1 Å². The van der Waals surface area contributed by atoms with Gasteiger partial charge >= 0.3 is 17.9 Å². The monoisotopic (exact) mass is 619 g/mol. The van der Waals surface area contributed by atoms with Gasteiger partial charge in [0.05, 0.1) is 24.1 Å². The number of fused-ring (bicyclic) bond motifs is 3. The van der Waals surface area contributed by atoms with Crippen LogP contribution in [0.1, 0.15) is 31.7 Å². The van der Waals surface area contributed by atoms with E-state index in [1.54, 1.807) is 24.3 Å². The Bertz CT molecular complexity index is 2080. The molecule has 3 heterocycles.